The Morgan fingerprint density at radius 1 is 1.58 bits per heavy atom. The topological polar surface area (TPSA) is 36.9 Å². The minimum atomic E-state index is 0.684. The van der Waals surface area contributed by atoms with Crippen LogP contribution in [0.1, 0.15) is 5.82 Å². The summed E-state index contributed by atoms with van der Waals surface area (Å²) in [6.07, 6.45) is 0.927. The quantitative estimate of drug-likeness (QED) is 0.702. The van der Waals surface area contributed by atoms with Crippen molar-refractivity contribution in [2.75, 3.05) is 20.6 Å². The van der Waals surface area contributed by atoms with Gasteiger partial charge in [0.05, 0.1) is 0 Å². The van der Waals surface area contributed by atoms with Gasteiger partial charge < -0.3 is 9.47 Å². The number of nitrogens with zero attached hydrogens (tertiary/aromatic N) is 3. The van der Waals surface area contributed by atoms with Gasteiger partial charge in [0.1, 0.15) is 5.82 Å². The molecule has 12 heavy (non-hydrogen) atoms. The normalized spacial score (nSPS) is 11.0. The third kappa shape index (κ3) is 2.15. The lowest BCUT2D eigenvalue weighted by Gasteiger charge is -2.07. The molecule has 0 spiro atoms. The summed E-state index contributed by atoms with van der Waals surface area (Å²) in [6.45, 7) is 0.994. The molecule has 1 rings (SSSR count). The molecule has 4 nitrogen and oxygen atoms in total. The van der Waals surface area contributed by atoms with Gasteiger partial charge in [-0.2, -0.15) is 5.10 Å². The highest BCUT2D eigenvalue weighted by Gasteiger charge is 2.01. The molecule has 1 N–H and O–H groups in total. The molecular formula is C7H14N4S. The number of H-pyrrole nitrogens is 1. The van der Waals surface area contributed by atoms with Crippen LogP contribution in [0.3, 0.4) is 0 Å². The van der Waals surface area contributed by atoms with E-state index in [0.717, 1.165) is 18.8 Å². The van der Waals surface area contributed by atoms with Gasteiger partial charge >= 0.3 is 0 Å². The SMILES string of the molecule is CN(C)CCc1n[nH]c(=S)n1C. The molecule has 0 aliphatic rings. The summed E-state index contributed by atoms with van der Waals surface area (Å²) < 4.78 is 2.59. The molecule has 1 aromatic rings. The van der Waals surface area contributed by atoms with Gasteiger partial charge in [0.25, 0.3) is 0 Å². The lowest BCUT2D eigenvalue weighted by molar-refractivity contribution is 0.407. The highest BCUT2D eigenvalue weighted by Crippen LogP contribution is 1.95. The number of likely N-dealkylation sites (N-methyl/N-ethyl adjacent to an activating group) is 1. The van der Waals surface area contributed by atoms with E-state index >= 15 is 0 Å². The third-order valence-corrected chi connectivity index (χ3v) is 2.12. The van der Waals surface area contributed by atoms with Crippen molar-refractivity contribution < 1.29 is 0 Å². The standard InChI is InChI=1S/C7H14N4S/c1-10(2)5-4-6-8-9-7(12)11(6)3/h4-5H2,1-3H3,(H,9,12). The number of rotatable bonds is 3. The van der Waals surface area contributed by atoms with Crippen molar-refractivity contribution in [2.24, 2.45) is 7.05 Å². The maximum absolute atomic E-state index is 4.99. The van der Waals surface area contributed by atoms with Gasteiger partial charge in [-0.3, -0.25) is 5.10 Å². The monoisotopic (exact) mass is 186 g/mol. The molecule has 1 heterocycles. The summed E-state index contributed by atoms with van der Waals surface area (Å²) >= 11 is 4.99. The van der Waals surface area contributed by atoms with Crippen LogP contribution < -0.4 is 0 Å². The van der Waals surface area contributed by atoms with E-state index in [1.807, 2.05) is 25.7 Å². The van der Waals surface area contributed by atoms with E-state index in [1.54, 1.807) is 0 Å². The van der Waals surface area contributed by atoms with Crippen molar-refractivity contribution in [3.63, 3.8) is 0 Å². The number of nitrogens with one attached hydrogen (secondary N) is 1. The first-order chi connectivity index (χ1) is 5.61. The third-order valence-electron chi connectivity index (χ3n) is 1.76. The van der Waals surface area contributed by atoms with Gasteiger partial charge in [0.2, 0.25) is 0 Å². The van der Waals surface area contributed by atoms with E-state index in [9.17, 15) is 0 Å². The molecular weight excluding hydrogens is 172 g/mol. The second-order valence-electron chi connectivity index (χ2n) is 3.06. The van der Waals surface area contributed by atoms with E-state index in [1.165, 1.54) is 0 Å². The zero-order valence-electron chi connectivity index (χ0n) is 7.66. The smallest absolute Gasteiger partial charge is 0.194 e. The summed E-state index contributed by atoms with van der Waals surface area (Å²) in [7, 11) is 6.01. The predicted molar refractivity (Wildman–Crippen MR) is 50.7 cm³/mol. The molecule has 0 saturated heterocycles. The van der Waals surface area contributed by atoms with Crippen LogP contribution in [0.15, 0.2) is 0 Å². The Morgan fingerprint density at radius 3 is 2.67 bits per heavy atom. The summed E-state index contributed by atoms with van der Waals surface area (Å²) in [5, 5.41) is 6.86. The summed E-state index contributed by atoms with van der Waals surface area (Å²) in [6, 6.07) is 0. The van der Waals surface area contributed by atoms with Gasteiger partial charge in [-0.25, -0.2) is 0 Å². The van der Waals surface area contributed by atoms with E-state index in [2.05, 4.69) is 15.1 Å². The van der Waals surface area contributed by atoms with E-state index in [4.69, 9.17) is 12.2 Å². The second-order valence-corrected chi connectivity index (χ2v) is 3.44. The van der Waals surface area contributed by atoms with Crippen molar-refractivity contribution in [1.29, 1.82) is 0 Å². The second kappa shape index (κ2) is 3.82. The minimum Gasteiger partial charge on any atom is -0.309 e. The molecule has 0 atom stereocenters. The Kier molecular flexibility index (Phi) is 2.99. The lowest BCUT2D eigenvalue weighted by atomic mass is 10.4. The molecule has 0 radical (unpaired) electrons. The molecule has 5 heteroatoms. The zero-order valence-corrected chi connectivity index (χ0v) is 8.48. The van der Waals surface area contributed by atoms with Gasteiger partial charge in [-0.1, -0.05) is 0 Å². The molecule has 0 bridgehead atoms. The Hall–Kier alpha value is -0.680. The summed E-state index contributed by atoms with van der Waals surface area (Å²) in [5.41, 5.74) is 0. The Bertz CT molecular complexity index is 299. The minimum absolute atomic E-state index is 0.684. The van der Waals surface area contributed by atoms with Crippen LogP contribution >= 0.6 is 12.2 Å². The lowest BCUT2D eigenvalue weighted by Crippen LogP contribution is -2.16. The van der Waals surface area contributed by atoms with Crippen LogP contribution in [0.5, 0.6) is 0 Å². The fraction of sp³-hybridized carbons (Fsp3) is 0.714. The molecule has 0 amide bonds. The van der Waals surface area contributed by atoms with Gasteiger partial charge in [-0.15, -0.1) is 0 Å². The maximum Gasteiger partial charge on any atom is 0.194 e. The van der Waals surface area contributed by atoms with Crippen molar-refractivity contribution in [2.45, 2.75) is 6.42 Å². The van der Waals surface area contributed by atoms with Crippen LogP contribution in [0.4, 0.5) is 0 Å². The predicted octanol–water partition coefficient (Wildman–Crippen LogP) is 0.582. The molecule has 0 aliphatic heterocycles. The zero-order chi connectivity index (χ0) is 9.14. The summed E-state index contributed by atoms with van der Waals surface area (Å²) in [4.78, 5) is 2.12. The van der Waals surface area contributed by atoms with E-state index in [0.29, 0.717) is 4.77 Å². The fourth-order valence-electron chi connectivity index (χ4n) is 0.927. The van der Waals surface area contributed by atoms with Gasteiger partial charge in [0, 0.05) is 20.0 Å². The molecule has 68 valence electrons. The van der Waals surface area contributed by atoms with E-state index < -0.39 is 0 Å². The average molecular weight is 186 g/mol. The highest BCUT2D eigenvalue weighted by molar-refractivity contribution is 7.71. The van der Waals surface area contributed by atoms with Crippen LogP contribution in [-0.4, -0.2) is 40.3 Å². The Labute approximate surface area is 77.2 Å². The van der Waals surface area contributed by atoms with Crippen LogP contribution in [0.2, 0.25) is 0 Å². The molecule has 0 fully saturated rings. The van der Waals surface area contributed by atoms with Crippen molar-refractivity contribution >= 4 is 12.2 Å². The van der Waals surface area contributed by atoms with Crippen molar-refractivity contribution in [3.05, 3.63) is 10.6 Å². The molecule has 1 aromatic heterocycles. The number of hydrogen-bond acceptors (Lipinski definition) is 3. The highest BCUT2D eigenvalue weighted by atomic mass is 32.1. The van der Waals surface area contributed by atoms with Crippen LogP contribution in [-0.2, 0) is 13.5 Å². The maximum atomic E-state index is 4.99. The molecule has 0 unspecified atom stereocenters. The first-order valence-electron chi connectivity index (χ1n) is 3.86. The molecule has 0 aromatic carbocycles. The van der Waals surface area contributed by atoms with Crippen molar-refractivity contribution in [3.8, 4) is 0 Å². The Balaban J connectivity index is 2.64. The first kappa shape index (κ1) is 9.41. The number of aromatic amines is 1. The van der Waals surface area contributed by atoms with Gasteiger partial charge in [-0.05, 0) is 26.3 Å². The largest absolute Gasteiger partial charge is 0.309 e. The average Bonchev–Trinajstić information content (AvgIpc) is 2.30. The van der Waals surface area contributed by atoms with E-state index in [-0.39, 0.29) is 0 Å². The van der Waals surface area contributed by atoms with Gasteiger partial charge in [0.15, 0.2) is 4.77 Å². The summed E-state index contributed by atoms with van der Waals surface area (Å²) in [5.74, 6) is 1.01. The number of aromatic nitrogens is 3. The van der Waals surface area contributed by atoms with Crippen LogP contribution in [0, 0.1) is 4.77 Å². The van der Waals surface area contributed by atoms with Crippen LogP contribution in [0.25, 0.3) is 0 Å². The number of hydrogen-bond donors (Lipinski definition) is 1. The first-order valence-corrected chi connectivity index (χ1v) is 4.27. The fourth-order valence-corrected chi connectivity index (χ4v) is 1.08. The molecule has 0 saturated carbocycles. The van der Waals surface area contributed by atoms with Crippen molar-refractivity contribution in [1.82, 2.24) is 19.7 Å². The molecule has 0 aliphatic carbocycles. The Morgan fingerprint density at radius 2 is 2.25 bits per heavy atom.